The van der Waals surface area contributed by atoms with E-state index in [4.69, 9.17) is 5.73 Å². The van der Waals surface area contributed by atoms with Gasteiger partial charge in [0.1, 0.15) is 19.2 Å². The summed E-state index contributed by atoms with van der Waals surface area (Å²) in [5.41, 5.74) is 5.62. The fourth-order valence-electron chi connectivity index (χ4n) is 3.56. The zero-order valence-corrected chi connectivity index (χ0v) is 13.8. The number of carbonyl (C=O) groups is 2. The Morgan fingerprint density at radius 1 is 1.39 bits per heavy atom. The summed E-state index contributed by atoms with van der Waals surface area (Å²) in [4.78, 5) is 32.0. The molecule has 2 N–H and O–H groups in total. The third-order valence-corrected chi connectivity index (χ3v) is 4.63. The number of nitrogens with zero attached hydrogens (tertiary/aromatic N) is 5. The van der Waals surface area contributed by atoms with Crippen molar-refractivity contribution in [2.75, 3.05) is 26.2 Å². The van der Waals surface area contributed by atoms with E-state index < -0.39 is 0 Å². The van der Waals surface area contributed by atoms with Gasteiger partial charge in [0.25, 0.3) is 0 Å². The minimum absolute atomic E-state index is 0. The van der Waals surface area contributed by atoms with Crippen molar-refractivity contribution in [3.63, 3.8) is 0 Å². The number of carbonyl (C=O) groups excluding carboxylic acids is 2. The highest BCUT2D eigenvalue weighted by atomic mass is 35.5. The first-order chi connectivity index (χ1) is 10.7. The standard InChI is InChI=1S/C14H22N6O2.ClH/c15-4-6-20-12-3-5-18(7-11(12)1-2-13(20)21)14(22)8-19-10-16-9-17-19;/h9-12H,1-8,15H2;1H/t11-,12+;/m0./s1. The van der Waals surface area contributed by atoms with Gasteiger partial charge in [-0.25, -0.2) is 9.67 Å². The van der Waals surface area contributed by atoms with E-state index >= 15 is 0 Å². The number of likely N-dealkylation sites (tertiary alicyclic amines) is 2. The van der Waals surface area contributed by atoms with Crippen LogP contribution in [0.25, 0.3) is 0 Å². The average molecular weight is 343 g/mol. The fourth-order valence-corrected chi connectivity index (χ4v) is 3.56. The molecule has 1 aromatic heterocycles. The number of fused-ring (bicyclic) bond motifs is 1. The third-order valence-electron chi connectivity index (χ3n) is 4.63. The molecular formula is C14H23ClN6O2. The van der Waals surface area contributed by atoms with E-state index in [0.29, 0.717) is 38.5 Å². The molecule has 0 aliphatic carbocycles. The molecule has 0 radical (unpaired) electrons. The predicted molar refractivity (Wildman–Crippen MR) is 85.7 cm³/mol. The van der Waals surface area contributed by atoms with Crippen LogP contribution in [-0.2, 0) is 16.1 Å². The lowest BCUT2D eigenvalue weighted by atomic mass is 9.83. The van der Waals surface area contributed by atoms with Crippen LogP contribution in [0.4, 0.5) is 0 Å². The van der Waals surface area contributed by atoms with Gasteiger partial charge in [-0.05, 0) is 18.8 Å². The number of nitrogens with two attached hydrogens (primary N) is 1. The lowest BCUT2D eigenvalue weighted by molar-refractivity contribution is -0.144. The lowest BCUT2D eigenvalue weighted by Gasteiger charge is -2.47. The van der Waals surface area contributed by atoms with E-state index in [2.05, 4.69) is 10.1 Å². The quantitative estimate of drug-likeness (QED) is 0.795. The van der Waals surface area contributed by atoms with Crippen LogP contribution in [0.3, 0.4) is 0 Å². The van der Waals surface area contributed by atoms with E-state index in [1.807, 2.05) is 9.80 Å². The Hall–Kier alpha value is -1.67. The predicted octanol–water partition coefficient (Wildman–Crippen LogP) is -0.502. The van der Waals surface area contributed by atoms with Gasteiger partial charge >= 0.3 is 0 Å². The second-order valence-electron chi connectivity index (χ2n) is 5.96. The number of halogens is 1. The number of piperidine rings is 2. The van der Waals surface area contributed by atoms with Crippen molar-refractivity contribution < 1.29 is 9.59 Å². The lowest BCUT2D eigenvalue weighted by Crippen LogP contribution is -2.58. The molecule has 9 heteroatoms. The van der Waals surface area contributed by atoms with Crippen molar-refractivity contribution in [2.24, 2.45) is 11.7 Å². The van der Waals surface area contributed by atoms with Gasteiger partial charge in [-0.1, -0.05) is 0 Å². The smallest absolute Gasteiger partial charge is 0.244 e. The van der Waals surface area contributed by atoms with Gasteiger partial charge in [-0.3, -0.25) is 9.59 Å². The van der Waals surface area contributed by atoms with Gasteiger partial charge in [0.05, 0.1) is 0 Å². The molecule has 0 bridgehead atoms. The molecule has 0 aromatic carbocycles. The van der Waals surface area contributed by atoms with Crippen molar-refractivity contribution >= 4 is 24.2 Å². The van der Waals surface area contributed by atoms with Crippen LogP contribution in [0.15, 0.2) is 12.7 Å². The molecule has 128 valence electrons. The second-order valence-corrected chi connectivity index (χ2v) is 5.96. The number of rotatable bonds is 4. The Balaban J connectivity index is 0.00000192. The number of aromatic nitrogens is 3. The van der Waals surface area contributed by atoms with E-state index in [-0.39, 0.29) is 36.8 Å². The summed E-state index contributed by atoms with van der Waals surface area (Å²) in [6.45, 7) is 2.73. The van der Waals surface area contributed by atoms with Gasteiger partial charge in [0.2, 0.25) is 11.8 Å². The molecule has 2 aliphatic heterocycles. The average Bonchev–Trinajstić information content (AvgIpc) is 3.02. The maximum Gasteiger partial charge on any atom is 0.244 e. The minimum atomic E-state index is 0. The van der Waals surface area contributed by atoms with Crippen LogP contribution in [0, 0.1) is 5.92 Å². The summed E-state index contributed by atoms with van der Waals surface area (Å²) >= 11 is 0. The zero-order valence-electron chi connectivity index (χ0n) is 13.0. The molecule has 2 amide bonds. The van der Waals surface area contributed by atoms with Crippen molar-refractivity contribution in [3.05, 3.63) is 12.7 Å². The first kappa shape index (κ1) is 17.7. The maximum atomic E-state index is 12.3. The molecule has 3 heterocycles. The second kappa shape index (κ2) is 7.74. The molecule has 2 aliphatic rings. The molecule has 0 spiro atoms. The first-order valence-corrected chi connectivity index (χ1v) is 7.78. The maximum absolute atomic E-state index is 12.3. The molecule has 0 saturated carbocycles. The zero-order chi connectivity index (χ0) is 15.5. The minimum Gasteiger partial charge on any atom is -0.341 e. The molecular weight excluding hydrogens is 320 g/mol. The summed E-state index contributed by atoms with van der Waals surface area (Å²) in [6.07, 6.45) is 5.23. The largest absolute Gasteiger partial charge is 0.341 e. The highest BCUT2D eigenvalue weighted by Gasteiger charge is 2.39. The summed E-state index contributed by atoms with van der Waals surface area (Å²) in [5.74, 6) is 0.623. The van der Waals surface area contributed by atoms with Crippen molar-refractivity contribution in [1.82, 2.24) is 24.6 Å². The Labute approximate surface area is 141 Å². The summed E-state index contributed by atoms with van der Waals surface area (Å²) in [7, 11) is 0. The van der Waals surface area contributed by atoms with E-state index in [1.165, 1.54) is 6.33 Å². The van der Waals surface area contributed by atoms with Crippen molar-refractivity contribution in [3.8, 4) is 0 Å². The molecule has 3 rings (SSSR count). The summed E-state index contributed by atoms with van der Waals surface area (Å²) < 4.78 is 1.54. The number of hydrogen-bond donors (Lipinski definition) is 1. The van der Waals surface area contributed by atoms with Crippen LogP contribution in [0.1, 0.15) is 19.3 Å². The van der Waals surface area contributed by atoms with E-state index in [9.17, 15) is 9.59 Å². The highest BCUT2D eigenvalue weighted by molar-refractivity contribution is 5.85. The van der Waals surface area contributed by atoms with Crippen LogP contribution in [0.2, 0.25) is 0 Å². The van der Waals surface area contributed by atoms with E-state index in [0.717, 1.165) is 12.8 Å². The molecule has 0 unspecified atom stereocenters. The van der Waals surface area contributed by atoms with Gasteiger partial charge < -0.3 is 15.5 Å². The van der Waals surface area contributed by atoms with Crippen molar-refractivity contribution in [2.45, 2.75) is 31.8 Å². The Kier molecular flexibility index (Phi) is 5.95. The third kappa shape index (κ3) is 3.81. The molecule has 2 fully saturated rings. The van der Waals surface area contributed by atoms with Crippen molar-refractivity contribution in [1.29, 1.82) is 0 Å². The summed E-state index contributed by atoms with van der Waals surface area (Å²) in [5, 5.41) is 3.97. The first-order valence-electron chi connectivity index (χ1n) is 7.78. The van der Waals surface area contributed by atoms with Crippen LogP contribution < -0.4 is 5.73 Å². The van der Waals surface area contributed by atoms with Gasteiger partial charge in [-0.15, -0.1) is 12.4 Å². The monoisotopic (exact) mass is 342 g/mol. The van der Waals surface area contributed by atoms with Gasteiger partial charge in [-0.2, -0.15) is 5.10 Å². The Morgan fingerprint density at radius 2 is 2.22 bits per heavy atom. The van der Waals surface area contributed by atoms with Crippen LogP contribution in [0.5, 0.6) is 0 Å². The highest BCUT2D eigenvalue weighted by Crippen LogP contribution is 2.31. The van der Waals surface area contributed by atoms with Crippen LogP contribution in [-0.4, -0.2) is 68.6 Å². The molecule has 1 aromatic rings. The molecule has 23 heavy (non-hydrogen) atoms. The van der Waals surface area contributed by atoms with E-state index in [1.54, 1.807) is 11.0 Å². The summed E-state index contributed by atoms with van der Waals surface area (Å²) in [6, 6.07) is 0.236. The van der Waals surface area contributed by atoms with Gasteiger partial charge in [0, 0.05) is 38.6 Å². The normalized spacial score (nSPS) is 24.1. The molecule has 2 atom stereocenters. The van der Waals surface area contributed by atoms with Crippen LogP contribution >= 0.6 is 12.4 Å². The molecule has 8 nitrogen and oxygen atoms in total. The topological polar surface area (TPSA) is 97.3 Å². The Morgan fingerprint density at radius 3 is 2.91 bits per heavy atom. The van der Waals surface area contributed by atoms with Gasteiger partial charge in [0.15, 0.2) is 0 Å². The molecule has 2 saturated heterocycles. The number of hydrogen-bond acceptors (Lipinski definition) is 5. The SMILES string of the molecule is Cl.NCCN1C(=O)CC[C@H]2CN(C(=O)Cn3cncn3)CC[C@H]21. The number of amides is 2. The Bertz CT molecular complexity index is 537. The fraction of sp³-hybridized carbons (Fsp3) is 0.714.